The number of benzene rings is 1. The van der Waals surface area contributed by atoms with Gasteiger partial charge in [-0.25, -0.2) is 4.79 Å². The second-order valence-electron chi connectivity index (χ2n) is 5.45. The summed E-state index contributed by atoms with van der Waals surface area (Å²) in [5.74, 6) is -0.865. The normalized spacial score (nSPS) is 10.3. The number of aromatic nitrogens is 1. The minimum absolute atomic E-state index is 0.243. The number of rotatable bonds is 6. The molecule has 2 N–H and O–H groups in total. The lowest BCUT2D eigenvalue weighted by Crippen LogP contribution is -2.17. The van der Waals surface area contributed by atoms with Crippen molar-refractivity contribution < 1.29 is 14.3 Å². The fourth-order valence-electron chi connectivity index (χ4n) is 2.14. The third-order valence-electron chi connectivity index (χ3n) is 3.12. The number of amides is 1. The van der Waals surface area contributed by atoms with Gasteiger partial charge in [-0.15, -0.1) is 0 Å². The second-order valence-corrected chi connectivity index (χ2v) is 5.45. The standard InChI is InChI=1S/C18H21N3O3/c1-4-24-18(23)14-7-5-6-8-15(14)21-17(22)16-11-13(9-10-19-16)20-12(2)3/h5-12H,4H2,1-3H3,(H,19,20)(H,21,22). The maximum atomic E-state index is 12.4. The molecule has 0 aliphatic heterocycles. The Kier molecular flexibility index (Phi) is 5.89. The topological polar surface area (TPSA) is 80.3 Å². The molecule has 0 fully saturated rings. The van der Waals surface area contributed by atoms with Crippen LogP contribution in [0.5, 0.6) is 0 Å². The molecule has 126 valence electrons. The Bertz CT molecular complexity index is 729. The highest BCUT2D eigenvalue weighted by Crippen LogP contribution is 2.18. The highest BCUT2D eigenvalue weighted by atomic mass is 16.5. The summed E-state index contributed by atoms with van der Waals surface area (Å²) in [5, 5.41) is 5.93. The molecule has 2 aromatic rings. The molecule has 1 aromatic heterocycles. The largest absolute Gasteiger partial charge is 0.462 e. The Balaban J connectivity index is 2.20. The van der Waals surface area contributed by atoms with Gasteiger partial charge in [0.05, 0.1) is 17.9 Å². The van der Waals surface area contributed by atoms with E-state index in [0.717, 1.165) is 5.69 Å². The van der Waals surface area contributed by atoms with Crippen molar-refractivity contribution in [3.63, 3.8) is 0 Å². The molecule has 0 bridgehead atoms. The Morgan fingerprint density at radius 1 is 1.21 bits per heavy atom. The third-order valence-corrected chi connectivity index (χ3v) is 3.12. The second kappa shape index (κ2) is 8.10. The van der Waals surface area contributed by atoms with Crippen LogP contribution in [0.1, 0.15) is 41.6 Å². The third kappa shape index (κ3) is 4.55. The van der Waals surface area contributed by atoms with E-state index in [1.807, 2.05) is 13.8 Å². The number of nitrogens with one attached hydrogen (secondary N) is 2. The van der Waals surface area contributed by atoms with Crippen LogP contribution in [0, 0.1) is 0 Å². The van der Waals surface area contributed by atoms with Crippen LogP contribution in [-0.4, -0.2) is 29.5 Å². The van der Waals surface area contributed by atoms with Crippen LogP contribution in [0.2, 0.25) is 0 Å². The van der Waals surface area contributed by atoms with Gasteiger partial charge in [0.2, 0.25) is 0 Å². The average molecular weight is 327 g/mol. The van der Waals surface area contributed by atoms with Crippen LogP contribution >= 0.6 is 0 Å². The first-order valence-electron chi connectivity index (χ1n) is 7.81. The first-order valence-corrected chi connectivity index (χ1v) is 7.81. The number of carbonyl (C=O) groups is 2. The van der Waals surface area contributed by atoms with Gasteiger partial charge in [0.25, 0.3) is 5.91 Å². The molecule has 0 aliphatic rings. The van der Waals surface area contributed by atoms with E-state index in [2.05, 4.69) is 15.6 Å². The molecule has 6 heteroatoms. The van der Waals surface area contributed by atoms with E-state index < -0.39 is 5.97 Å². The Morgan fingerprint density at radius 2 is 1.96 bits per heavy atom. The highest BCUT2D eigenvalue weighted by Gasteiger charge is 2.15. The minimum Gasteiger partial charge on any atom is -0.462 e. The number of hydrogen-bond donors (Lipinski definition) is 2. The summed E-state index contributed by atoms with van der Waals surface area (Å²) in [5.41, 5.74) is 1.78. The van der Waals surface area contributed by atoms with E-state index >= 15 is 0 Å². The van der Waals surface area contributed by atoms with E-state index in [-0.39, 0.29) is 24.2 Å². The van der Waals surface area contributed by atoms with Crippen LogP contribution < -0.4 is 10.6 Å². The Morgan fingerprint density at radius 3 is 2.67 bits per heavy atom. The predicted octanol–water partition coefficient (Wildman–Crippen LogP) is 3.33. The van der Waals surface area contributed by atoms with Gasteiger partial charge in [-0.2, -0.15) is 0 Å². The summed E-state index contributed by atoms with van der Waals surface area (Å²) in [7, 11) is 0. The zero-order valence-electron chi connectivity index (χ0n) is 14.0. The van der Waals surface area contributed by atoms with Crippen molar-refractivity contribution in [3.8, 4) is 0 Å². The van der Waals surface area contributed by atoms with Crippen molar-refractivity contribution in [1.29, 1.82) is 0 Å². The van der Waals surface area contributed by atoms with Gasteiger partial charge in [0.1, 0.15) is 5.69 Å². The molecule has 6 nitrogen and oxygen atoms in total. The average Bonchev–Trinajstić information content (AvgIpc) is 2.55. The molecule has 0 aliphatic carbocycles. The van der Waals surface area contributed by atoms with E-state index in [1.54, 1.807) is 49.5 Å². The van der Waals surface area contributed by atoms with Gasteiger partial charge in [0.15, 0.2) is 0 Å². The van der Waals surface area contributed by atoms with Crippen LogP contribution in [0.15, 0.2) is 42.6 Å². The number of nitrogens with zero attached hydrogens (tertiary/aromatic N) is 1. The molecule has 0 saturated heterocycles. The molecule has 1 amide bonds. The molecular weight excluding hydrogens is 306 g/mol. The zero-order valence-corrected chi connectivity index (χ0v) is 14.0. The number of carbonyl (C=O) groups excluding carboxylic acids is 2. The first kappa shape index (κ1) is 17.5. The summed E-state index contributed by atoms with van der Waals surface area (Å²) in [4.78, 5) is 28.5. The van der Waals surface area contributed by atoms with Gasteiger partial charge in [-0.1, -0.05) is 12.1 Å². The molecular formula is C18H21N3O3. The maximum absolute atomic E-state index is 12.4. The molecule has 24 heavy (non-hydrogen) atoms. The highest BCUT2D eigenvalue weighted by molar-refractivity contribution is 6.07. The van der Waals surface area contributed by atoms with Crippen molar-refractivity contribution in [2.45, 2.75) is 26.8 Å². The Hall–Kier alpha value is -2.89. The SMILES string of the molecule is CCOC(=O)c1ccccc1NC(=O)c1cc(NC(C)C)ccn1. The molecule has 1 aromatic carbocycles. The zero-order chi connectivity index (χ0) is 17.5. The summed E-state index contributed by atoms with van der Waals surface area (Å²) >= 11 is 0. The van der Waals surface area contributed by atoms with E-state index in [9.17, 15) is 9.59 Å². The molecule has 1 heterocycles. The van der Waals surface area contributed by atoms with Gasteiger partial charge in [0, 0.05) is 17.9 Å². The van der Waals surface area contributed by atoms with Crippen LogP contribution in [0.25, 0.3) is 0 Å². The van der Waals surface area contributed by atoms with Crippen LogP contribution in [0.4, 0.5) is 11.4 Å². The van der Waals surface area contributed by atoms with Gasteiger partial charge in [-0.3, -0.25) is 9.78 Å². The molecule has 0 atom stereocenters. The van der Waals surface area contributed by atoms with Gasteiger partial charge in [-0.05, 0) is 45.0 Å². The molecule has 0 spiro atoms. The lowest BCUT2D eigenvalue weighted by molar-refractivity contribution is 0.0527. The number of anilines is 2. The lowest BCUT2D eigenvalue weighted by Gasteiger charge is -2.12. The molecule has 0 saturated carbocycles. The predicted molar refractivity (Wildman–Crippen MR) is 93.3 cm³/mol. The van der Waals surface area contributed by atoms with E-state index in [4.69, 9.17) is 4.74 Å². The monoisotopic (exact) mass is 327 g/mol. The maximum Gasteiger partial charge on any atom is 0.340 e. The molecule has 2 rings (SSSR count). The molecule has 0 radical (unpaired) electrons. The van der Waals surface area contributed by atoms with Gasteiger partial charge < -0.3 is 15.4 Å². The number of pyridine rings is 1. The summed E-state index contributed by atoms with van der Waals surface area (Å²) in [6.07, 6.45) is 1.57. The molecule has 0 unspecified atom stereocenters. The lowest BCUT2D eigenvalue weighted by atomic mass is 10.1. The van der Waals surface area contributed by atoms with Crippen molar-refractivity contribution in [2.24, 2.45) is 0 Å². The van der Waals surface area contributed by atoms with Gasteiger partial charge >= 0.3 is 5.97 Å². The number of hydrogen-bond acceptors (Lipinski definition) is 5. The van der Waals surface area contributed by atoms with Crippen LogP contribution in [-0.2, 0) is 4.74 Å². The minimum atomic E-state index is -0.475. The van der Waals surface area contributed by atoms with Crippen molar-refractivity contribution in [3.05, 3.63) is 53.9 Å². The first-order chi connectivity index (χ1) is 11.5. The van der Waals surface area contributed by atoms with E-state index in [0.29, 0.717) is 11.3 Å². The quantitative estimate of drug-likeness (QED) is 0.796. The van der Waals surface area contributed by atoms with Crippen molar-refractivity contribution in [1.82, 2.24) is 4.98 Å². The van der Waals surface area contributed by atoms with Crippen molar-refractivity contribution >= 4 is 23.3 Å². The van der Waals surface area contributed by atoms with E-state index in [1.165, 1.54) is 0 Å². The van der Waals surface area contributed by atoms with Crippen LogP contribution in [0.3, 0.4) is 0 Å². The fraction of sp³-hybridized carbons (Fsp3) is 0.278. The Labute approximate surface area is 141 Å². The summed E-state index contributed by atoms with van der Waals surface area (Å²) in [6, 6.07) is 10.4. The smallest absolute Gasteiger partial charge is 0.340 e. The number of esters is 1. The fourth-order valence-corrected chi connectivity index (χ4v) is 2.14. The summed E-state index contributed by atoms with van der Waals surface area (Å²) < 4.78 is 5.00. The summed E-state index contributed by atoms with van der Waals surface area (Å²) in [6.45, 7) is 6.02. The number of ether oxygens (including phenoxy) is 1. The number of para-hydroxylation sites is 1. The van der Waals surface area contributed by atoms with Crippen molar-refractivity contribution in [2.75, 3.05) is 17.2 Å².